The summed E-state index contributed by atoms with van der Waals surface area (Å²) >= 11 is 0. The predicted molar refractivity (Wildman–Crippen MR) is 241 cm³/mol. The minimum absolute atomic E-state index is 0.353. The van der Waals surface area contributed by atoms with Gasteiger partial charge in [0.1, 0.15) is 0 Å². The molecule has 9 aromatic carbocycles. The molecule has 1 aliphatic rings. The van der Waals surface area contributed by atoms with Crippen LogP contribution < -0.4 is 4.90 Å². The van der Waals surface area contributed by atoms with Gasteiger partial charge < -0.3 is 4.90 Å². The molecule has 57 heavy (non-hydrogen) atoms. The zero-order chi connectivity index (χ0) is 38.3. The molecule has 9 aromatic rings. The van der Waals surface area contributed by atoms with Gasteiger partial charge in [0.2, 0.25) is 0 Å². The third kappa shape index (κ3) is 5.78. The van der Waals surface area contributed by atoms with Crippen LogP contribution in [0.25, 0.3) is 44.2 Å². The van der Waals surface area contributed by atoms with Crippen molar-refractivity contribution in [1.29, 1.82) is 0 Å². The minimum atomic E-state index is -0.515. The van der Waals surface area contributed by atoms with Crippen molar-refractivity contribution in [2.45, 2.75) is 25.2 Å². The van der Waals surface area contributed by atoms with Crippen molar-refractivity contribution in [2.75, 3.05) is 4.90 Å². The summed E-state index contributed by atoms with van der Waals surface area (Å²) in [5.74, 6) is 0.353. The van der Waals surface area contributed by atoms with Crippen molar-refractivity contribution in [3.05, 3.63) is 246 Å². The number of hydrogen-bond donors (Lipinski definition) is 0. The smallest absolute Gasteiger partial charge is 0.0714 e. The van der Waals surface area contributed by atoms with E-state index in [1.165, 1.54) is 72.0 Å². The largest absolute Gasteiger partial charge is 0.310 e. The van der Waals surface area contributed by atoms with Crippen LogP contribution in [0.3, 0.4) is 0 Å². The average Bonchev–Trinajstić information content (AvgIpc) is 3.57. The maximum Gasteiger partial charge on any atom is 0.0714 e. The van der Waals surface area contributed by atoms with E-state index in [-0.39, 0.29) is 0 Å². The monoisotopic (exact) mass is 729 g/mol. The fraction of sp³-hybridized carbons (Fsp3) is 0.0714. The maximum absolute atomic E-state index is 2.51. The summed E-state index contributed by atoms with van der Waals surface area (Å²) in [6, 6.07) is 80.7. The van der Waals surface area contributed by atoms with Crippen molar-refractivity contribution >= 4 is 27.8 Å². The summed E-state index contributed by atoms with van der Waals surface area (Å²) in [6.45, 7) is 4.59. The van der Waals surface area contributed by atoms with Crippen LogP contribution >= 0.6 is 0 Å². The van der Waals surface area contributed by atoms with Crippen LogP contribution in [0.2, 0.25) is 0 Å². The molecule has 0 amide bonds. The summed E-state index contributed by atoms with van der Waals surface area (Å²) in [7, 11) is 0. The second-order valence-corrected chi connectivity index (χ2v) is 15.5. The molecule has 0 aliphatic heterocycles. The fourth-order valence-electron chi connectivity index (χ4n) is 9.33. The van der Waals surface area contributed by atoms with Gasteiger partial charge in [-0.3, -0.25) is 0 Å². The molecular weight excluding hydrogens is 687 g/mol. The topological polar surface area (TPSA) is 3.24 Å². The quantitative estimate of drug-likeness (QED) is 0.151. The molecule has 0 spiro atoms. The maximum atomic E-state index is 2.51. The summed E-state index contributed by atoms with van der Waals surface area (Å²) in [5, 5.41) is 2.43. The Bertz CT molecular complexity index is 2830. The first kappa shape index (κ1) is 34.5. The minimum Gasteiger partial charge on any atom is -0.310 e. The van der Waals surface area contributed by atoms with Crippen LogP contribution in [0.4, 0.5) is 17.1 Å². The van der Waals surface area contributed by atoms with E-state index < -0.39 is 5.41 Å². The first-order chi connectivity index (χ1) is 28.1. The van der Waals surface area contributed by atoms with Gasteiger partial charge in [-0.1, -0.05) is 196 Å². The highest BCUT2D eigenvalue weighted by molar-refractivity contribution is 6.00. The van der Waals surface area contributed by atoms with Crippen LogP contribution in [-0.2, 0) is 5.41 Å². The summed E-state index contributed by atoms with van der Waals surface area (Å²) < 4.78 is 0. The summed E-state index contributed by atoms with van der Waals surface area (Å²) in [4.78, 5) is 2.51. The third-order valence-electron chi connectivity index (χ3n) is 11.9. The molecule has 0 radical (unpaired) electrons. The molecule has 1 heteroatoms. The van der Waals surface area contributed by atoms with Gasteiger partial charge in [-0.25, -0.2) is 0 Å². The zero-order valence-electron chi connectivity index (χ0n) is 32.3. The molecule has 0 N–H and O–H groups in total. The highest BCUT2D eigenvalue weighted by Gasteiger charge is 2.46. The highest BCUT2D eigenvalue weighted by Crippen LogP contribution is 2.57. The van der Waals surface area contributed by atoms with Gasteiger partial charge in [0.15, 0.2) is 0 Å². The number of rotatable bonds is 8. The van der Waals surface area contributed by atoms with Crippen LogP contribution in [-0.4, -0.2) is 0 Å². The van der Waals surface area contributed by atoms with Gasteiger partial charge in [0.05, 0.1) is 11.1 Å². The van der Waals surface area contributed by atoms with Crippen molar-refractivity contribution in [3.63, 3.8) is 0 Å². The van der Waals surface area contributed by atoms with Gasteiger partial charge in [0.25, 0.3) is 0 Å². The van der Waals surface area contributed by atoms with Crippen molar-refractivity contribution in [2.24, 2.45) is 0 Å². The van der Waals surface area contributed by atoms with Crippen LogP contribution in [0, 0.1) is 0 Å². The van der Waals surface area contributed by atoms with E-state index in [0.717, 1.165) is 17.1 Å². The normalized spacial score (nSPS) is 12.7. The van der Waals surface area contributed by atoms with E-state index >= 15 is 0 Å². The van der Waals surface area contributed by atoms with Gasteiger partial charge in [-0.15, -0.1) is 0 Å². The Morgan fingerprint density at radius 3 is 1.61 bits per heavy atom. The van der Waals surface area contributed by atoms with Gasteiger partial charge >= 0.3 is 0 Å². The van der Waals surface area contributed by atoms with E-state index in [2.05, 4.69) is 237 Å². The molecule has 0 unspecified atom stereocenters. The number of benzene rings is 9. The number of hydrogen-bond acceptors (Lipinski definition) is 1. The standard InChI is InChI=1S/C56H43N/c1-39(2)48-29-14-15-30-49(48)52-36-42-21-12-13-22-43(42)37-55(52)57(46-28-18-23-41(35-46)40-19-6-3-7-20-40)47-33-34-51-50-31-16-17-32-53(50)56(54(51)38-47,44-24-8-4-9-25-44)45-26-10-5-11-27-45/h3-39H,1-2H3. The van der Waals surface area contributed by atoms with E-state index in [9.17, 15) is 0 Å². The number of nitrogens with zero attached hydrogens (tertiary/aromatic N) is 1. The van der Waals surface area contributed by atoms with E-state index in [0.29, 0.717) is 5.92 Å². The van der Waals surface area contributed by atoms with Crippen LogP contribution in [0.1, 0.15) is 47.6 Å². The van der Waals surface area contributed by atoms with Crippen LogP contribution in [0.5, 0.6) is 0 Å². The lowest BCUT2D eigenvalue weighted by atomic mass is 9.67. The summed E-state index contributed by atoms with van der Waals surface area (Å²) in [6.07, 6.45) is 0. The predicted octanol–water partition coefficient (Wildman–Crippen LogP) is 15.1. The third-order valence-corrected chi connectivity index (χ3v) is 11.9. The lowest BCUT2D eigenvalue weighted by Gasteiger charge is -2.35. The Kier molecular flexibility index (Phi) is 8.65. The zero-order valence-corrected chi connectivity index (χ0v) is 32.3. The molecule has 0 fully saturated rings. The molecule has 1 nitrogen and oxygen atoms in total. The number of anilines is 3. The first-order valence-electron chi connectivity index (χ1n) is 20.0. The second-order valence-electron chi connectivity index (χ2n) is 15.5. The van der Waals surface area contributed by atoms with Crippen molar-refractivity contribution < 1.29 is 0 Å². The Morgan fingerprint density at radius 1 is 0.368 bits per heavy atom. The molecule has 1 aliphatic carbocycles. The van der Waals surface area contributed by atoms with Gasteiger partial charge in [-0.05, 0) is 109 Å². The Morgan fingerprint density at radius 2 is 0.912 bits per heavy atom. The molecule has 0 heterocycles. The molecule has 0 bridgehead atoms. The van der Waals surface area contributed by atoms with Crippen molar-refractivity contribution in [3.8, 4) is 33.4 Å². The molecular formula is C56H43N. The van der Waals surface area contributed by atoms with Gasteiger partial charge in [0, 0.05) is 16.9 Å². The van der Waals surface area contributed by atoms with Gasteiger partial charge in [-0.2, -0.15) is 0 Å². The summed E-state index contributed by atoms with van der Waals surface area (Å²) in [5.41, 5.74) is 16.7. The molecule has 0 saturated carbocycles. The van der Waals surface area contributed by atoms with Crippen LogP contribution in [0.15, 0.2) is 218 Å². The van der Waals surface area contributed by atoms with Crippen molar-refractivity contribution in [1.82, 2.24) is 0 Å². The number of fused-ring (bicyclic) bond motifs is 4. The first-order valence-corrected chi connectivity index (χ1v) is 20.0. The average molecular weight is 730 g/mol. The second kappa shape index (κ2) is 14.3. The molecule has 0 saturated heterocycles. The Hall–Kier alpha value is -6.96. The lowest BCUT2D eigenvalue weighted by Crippen LogP contribution is -2.28. The molecule has 0 aromatic heterocycles. The Labute approximate surface area is 336 Å². The molecule has 10 rings (SSSR count). The molecule has 272 valence electrons. The lowest BCUT2D eigenvalue weighted by molar-refractivity contribution is 0.768. The van der Waals surface area contributed by atoms with E-state index in [4.69, 9.17) is 0 Å². The fourth-order valence-corrected chi connectivity index (χ4v) is 9.33. The van der Waals surface area contributed by atoms with E-state index in [1.54, 1.807) is 0 Å². The highest BCUT2D eigenvalue weighted by atomic mass is 15.1. The SMILES string of the molecule is CC(C)c1ccccc1-c1cc2ccccc2cc1N(c1cccc(-c2ccccc2)c1)c1ccc2c(c1)C(c1ccccc1)(c1ccccc1)c1ccccc1-2. The van der Waals surface area contributed by atoms with E-state index in [1.807, 2.05) is 0 Å². The molecule has 0 atom stereocenters. The Balaban J connectivity index is 1.30.